The number of rotatable bonds is 4. The van der Waals surface area contributed by atoms with Crippen LogP contribution in [0, 0.1) is 6.92 Å². The number of nitrogens with one attached hydrogen (secondary N) is 1. The lowest BCUT2D eigenvalue weighted by atomic mass is 9.76. The van der Waals surface area contributed by atoms with Crippen molar-refractivity contribution in [3.05, 3.63) is 39.0 Å². The highest BCUT2D eigenvalue weighted by Crippen LogP contribution is 2.47. The van der Waals surface area contributed by atoms with Gasteiger partial charge in [-0.25, -0.2) is 4.79 Å². The Morgan fingerprint density at radius 2 is 2.16 bits per heavy atom. The minimum absolute atomic E-state index is 0.143. The molecule has 0 radical (unpaired) electrons. The number of hydrogen-bond donors (Lipinski definition) is 1. The molecule has 1 aromatic heterocycles. The van der Waals surface area contributed by atoms with E-state index in [-0.39, 0.29) is 17.7 Å². The Hall–Kier alpha value is -1.53. The van der Waals surface area contributed by atoms with Crippen molar-refractivity contribution in [3.63, 3.8) is 0 Å². The molecule has 0 unspecified atom stereocenters. The predicted octanol–water partition coefficient (Wildman–Crippen LogP) is 4.31. The van der Waals surface area contributed by atoms with E-state index in [9.17, 15) is 9.59 Å². The highest BCUT2D eigenvalue weighted by atomic mass is 32.2. The summed E-state index contributed by atoms with van der Waals surface area (Å²) in [5, 5.41) is 3.32. The molecule has 4 nitrogen and oxygen atoms in total. The van der Waals surface area contributed by atoms with E-state index in [0.717, 1.165) is 39.6 Å². The monoisotopic (exact) mass is 377 g/mol. The molecule has 1 N–H and O–H groups in total. The Morgan fingerprint density at radius 1 is 1.40 bits per heavy atom. The van der Waals surface area contributed by atoms with Crippen LogP contribution in [0.5, 0.6) is 0 Å². The summed E-state index contributed by atoms with van der Waals surface area (Å²) in [5.74, 6) is -0.516. The van der Waals surface area contributed by atoms with Gasteiger partial charge >= 0.3 is 5.97 Å². The quantitative estimate of drug-likeness (QED) is 0.626. The van der Waals surface area contributed by atoms with Gasteiger partial charge in [0, 0.05) is 28.3 Å². The van der Waals surface area contributed by atoms with Crippen molar-refractivity contribution >= 4 is 34.9 Å². The van der Waals surface area contributed by atoms with Crippen molar-refractivity contribution in [2.45, 2.75) is 50.2 Å². The van der Waals surface area contributed by atoms with Crippen molar-refractivity contribution in [3.8, 4) is 0 Å². The second kappa shape index (κ2) is 7.38. The highest BCUT2D eigenvalue weighted by Gasteiger charge is 2.40. The zero-order valence-electron chi connectivity index (χ0n) is 15.0. The number of thioether (sulfide) groups is 1. The molecule has 1 atom stereocenters. The predicted molar refractivity (Wildman–Crippen MR) is 102 cm³/mol. The van der Waals surface area contributed by atoms with Gasteiger partial charge in [0.1, 0.15) is 0 Å². The largest absolute Gasteiger partial charge is 0.463 e. The van der Waals surface area contributed by atoms with Crippen LogP contribution in [0.15, 0.2) is 32.8 Å². The summed E-state index contributed by atoms with van der Waals surface area (Å²) in [7, 11) is 0. The molecule has 1 aliphatic heterocycles. The molecule has 2 heterocycles. The van der Waals surface area contributed by atoms with Crippen LogP contribution in [0.25, 0.3) is 0 Å². The maximum atomic E-state index is 12.8. The molecule has 0 fully saturated rings. The van der Waals surface area contributed by atoms with Gasteiger partial charge in [-0.2, -0.15) is 0 Å². The normalized spacial score (nSPS) is 20.5. The maximum Gasteiger partial charge on any atom is 0.336 e. The molecular formula is C19H23NO3S2. The van der Waals surface area contributed by atoms with Gasteiger partial charge < -0.3 is 10.1 Å². The molecule has 0 amide bonds. The Bertz CT molecular complexity index is 789. The average molecular weight is 378 g/mol. The maximum absolute atomic E-state index is 12.8. The van der Waals surface area contributed by atoms with Gasteiger partial charge in [-0.1, -0.05) is 0 Å². The van der Waals surface area contributed by atoms with E-state index in [2.05, 4.69) is 18.3 Å². The van der Waals surface area contributed by atoms with Gasteiger partial charge in [-0.3, -0.25) is 4.79 Å². The second-order valence-corrected chi connectivity index (χ2v) is 8.62. The fraction of sp³-hybridized carbons (Fsp3) is 0.474. The van der Waals surface area contributed by atoms with Crippen LogP contribution in [0.3, 0.4) is 0 Å². The first-order valence-electron chi connectivity index (χ1n) is 8.53. The standard InChI is InChI=1S/C19H23NO3S2/c1-5-23-18(22)15-11(3)20-13-7-6-8-14(21)17(13)16(15)12-9-10(2)25-19(12)24-4/h9,16,20H,5-8H2,1-4H3/t16-/m1/s1. The third-order valence-corrected chi connectivity index (χ3v) is 6.83. The zero-order chi connectivity index (χ0) is 18.1. The summed E-state index contributed by atoms with van der Waals surface area (Å²) < 4.78 is 6.48. The number of aryl methyl sites for hydroxylation is 1. The second-order valence-electron chi connectivity index (χ2n) is 6.29. The van der Waals surface area contributed by atoms with Gasteiger partial charge in [0.05, 0.1) is 22.3 Å². The first kappa shape index (κ1) is 18.3. The van der Waals surface area contributed by atoms with Gasteiger partial charge in [-0.15, -0.1) is 23.1 Å². The Morgan fingerprint density at radius 3 is 2.84 bits per heavy atom. The van der Waals surface area contributed by atoms with E-state index in [4.69, 9.17) is 4.74 Å². The van der Waals surface area contributed by atoms with E-state index in [1.165, 1.54) is 4.88 Å². The van der Waals surface area contributed by atoms with E-state index in [0.29, 0.717) is 18.6 Å². The van der Waals surface area contributed by atoms with E-state index >= 15 is 0 Å². The summed E-state index contributed by atoms with van der Waals surface area (Å²) >= 11 is 3.38. The fourth-order valence-electron chi connectivity index (χ4n) is 3.65. The van der Waals surface area contributed by atoms with Crippen LogP contribution < -0.4 is 5.32 Å². The Balaban J connectivity index is 2.20. The summed E-state index contributed by atoms with van der Waals surface area (Å²) in [6, 6.07) is 2.12. The van der Waals surface area contributed by atoms with Crippen molar-refractivity contribution < 1.29 is 14.3 Å². The number of Topliss-reactive ketones (excluding diaryl/α,β-unsaturated/α-hetero) is 1. The third-order valence-electron chi connectivity index (χ3n) is 4.62. The fourth-order valence-corrected chi connectivity index (χ4v) is 5.56. The summed E-state index contributed by atoms with van der Waals surface area (Å²) in [6.07, 6.45) is 4.29. The SMILES string of the molecule is CCOC(=O)C1=C(C)NC2=C(C(=O)CCC2)[C@@H]1c1cc(C)sc1SC. The number of allylic oxidation sites excluding steroid dienone is 3. The van der Waals surface area contributed by atoms with Crippen molar-refractivity contribution in [1.82, 2.24) is 5.32 Å². The number of carbonyl (C=O) groups is 2. The number of ether oxygens (including phenoxy) is 1. The lowest BCUT2D eigenvalue weighted by molar-refractivity contribution is -0.138. The zero-order valence-corrected chi connectivity index (χ0v) is 16.7. The number of dihydropyridines is 1. The average Bonchev–Trinajstić information content (AvgIpc) is 2.94. The molecule has 134 valence electrons. The molecule has 0 saturated carbocycles. The molecule has 0 aromatic carbocycles. The molecule has 1 aromatic rings. The van der Waals surface area contributed by atoms with E-state index in [1.807, 2.05) is 13.2 Å². The summed E-state index contributed by atoms with van der Waals surface area (Å²) in [4.78, 5) is 26.7. The number of carbonyl (C=O) groups excluding carboxylic acids is 2. The molecule has 6 heteroatoms. The van der Waals surface area contributed by atoms with E-state index in [1.54, 1.807) is 30.0 Å². The molecule has 0 bridgehead atoms. The topological polar surface area (TPSA) is 55.4 Å². The molecule has 0 spiro atoms. The lowest BCUT2D eigenvalue weighted by Gasteiger charge is -2.34. The minimum Gasteiger partial charge on any atom is -0.463 e. The number of ketones is 1. The molecule has 0 saturated heterocycles. The number of esters is 1. The first-order chi connectivity index (χ1) is 12.0. The van der Waals surface area contributed by atoms with E-state index < -0.39 is 0 Å². The molecule has 3 rings (SSSR count). The van der Waals surface area contributed by atoms with Gasteiger partial charge in [0.2, 0.25) is 0 Å². The number of hydrogen-bond acceptors (Lipinski definition) is 6. The Kier molecular flexibility index (Phi) is 5.39. The van der Waals surface area contributed by atoms with Crippen LogP contribution in [0.4, 0.5) is 0 Å². The Labute approximate surface area is 156 Å². The summed E-state index contributed by atoms with van der Waals surface area (Å²) in [6.45, 7) is 6.09. The smallest absolute Gasteiger partial charge is 0.336 e. The lowest BCUT2D eigenvalue weighted by Crippen LogP contribution is -2.34. The van der Waals surface area contributed by atoms with Crippen LogP contribution in [-0.2, 0) is 14.3 Å². The van der Waals surface area contributed by atoms with Crippen molar-refractivity contribution in [2.75, 3.05) is 12.9 Å². The summed E-state index contributed by atoms with van der Waals surface area (Å²) in [5.41, 5.74) is 4.16. The molecule has 1 aliphatic carbocycles. The van der Waals surface area contributed by atoms with Crippen molar-refractivity contribution in [1.29, 1.82) is 0 Å². The van der Waals surface area contributed by atoms with Gasteiger partial charge in [0.25, 0.3) is 0 Å². The van der Waals surface area contributed by atoms with Gasteiger partial charge in [-0.05, 0) is 51.5 Å². The van der Waals surface area contributed by atoms with Crippen LogP contribution >= 0.6 is 23.1 Å². The van der Waals surface area contributed by atoms with Crippen LogP contribution in [0.1, 0.15) is 49.5 Å². The van der Waals surface area contributed by atoms with Crippen molar-refractivity contribution in [2.24, 2.45) is 0 Å². The third kappa shape index (κ3) is 3.29. The first-order valence-corrected chi connectivity index (χ1v) is 10.6. The van der Waals surface area contributed by atoms with Crippen LogP contribution in [0.2, 0.25) is 0 Å². The molecular weight excluding hydrogens is 354 g/mol. The highest BCUT2D eigenvalue weighted by molar-refractivity contribution is 8.00. The minimum atomic E-state index is -0.335. The van der Waals surface area contributed by atoms with Gasteiger partial charge in [0.15, 0.2) is 5.78 Å². The molecule has 2 aliphatic rings. The van der Waals surface area contributed by atoms with Crippen LogP contribution in [-0.4, -0.2) is 24.6 Å². The molecule has 25 heavy (non-hydrogen) atoms. The number of thiophene rings is 1.